The molecule has 176 valence electrons. The standard InChI is InChI=1S/C27H21N7O2/c1-2-3-12-32-23-15-29-26(33-16-30-20-9-8-17(14-28)13-22(20)33)31-25(23)34(27(32)36)21-10-11-24(35)19-7-5-4-6-18(19)21/h4-9,13,15-16,21,24,35H,10-12H2,1H3/t21-,24?/m1/s1. The van der Waals surface area contributed by atoms with Gasteiger partial charge in [-0.25, -0.2) is 14.8 Å². The zero-order valence-corrected chi connectivity index (χ0v) is 19.5. The molecule has 3 heterocycles. The van der Waals surface area contributed by atoms with E-state index in [0.717, 1.165) is 11.1 Å². The predicted octanol–water partition coefficient (Wildman–Crippen LogP) is 3.24. The van der Waals surface area contributed by atoms with Crippen molar-refractivity contribution in [3.05, 3.63) is 82.2 Å². The van der Waals surface area contributed by atoms with Crippen LogP contribution in [0.2, 0.25) is 0 Å². The Balaban J connectivity index is 1.60. The summed E-state index contributed by atoms with van der Waals surface area (Å²) in [6.45, 7) is 1.95. The SMILES string of the molecule is CC#CCn1c(=O)n([C@@H]2CCC(O)c3ccccc32)c2nc(-n3cnc4ccc(C#N)cc43)ncc21. The average Bonchev–Trinajstić information content (AvgIpc) is 3.45. The molecule has 0 aliphatic heterocycles. The molecule has 9 heteroatoms. The number of nitrogens with zero attached hydrogens (tertiary/aromatic N) is 7. The van der Waals surface area contributed by atoms with Crippen LogP contribution in [0.5, 0.6) is 0 Å². The minimum absolute atomic E-state index is 0.220. The maximum atomic E-state index is 13.8. The van der Waals surface area contributed by atoms with Gasteiger partial charge < -0.3 is 5.11 Å². The van der Waals surface area contributed by atoms with Gasteiger partial charge in [-0.15, -0.1) is 5.92 Å². The van der Waals surface area contributed by atoms with Crippen LogP contribution in [0.15, 0.2) is 59.8 Å². The van der Waals surface area contributed by atoms with Crippen LogP contribution < -0.4 is 5.69 Å². The number of fused-ring (bicyclic) bond motifs is 3. The highest BCUT2D eigenvalue weighted by Gasteiger charge is 2.31. The summed E-state index contributed by atoms with van der Waals surface area (Å²) in [5.74, 6) is 6.17. The highest BCUT2D eigenvalue weighted by molar-refractivity contribution is 5.79. The summed E-state index contributed by atoms with van der Waals surface area (Å²) in [5, 5.41) is 19.9. The lowest BCUT2D eigenvalue weighted by Gasteiger charge is -2.29. The van der Waals surface area contributed by atoms with Crippen molar-refractivity contribution < 1.29 is 5.11 Å². The van der Waals surface area contributed by atoms with Crippen LogP contribution in [0.3, 0.4) is 0 Å². The highest BCUT2D eigenvalue weighted by atomic mass is 16.3. The lowest BCUT2D eigenvalue weighted by Crippen LogP contribution is -2.30. The Morgan fingerprint density at radius 2 is 1.94 bits per heavy atom. The third kappa shape index (κ3) is 3.29. The minimum Gasteiger partial charge on any atom is -0.388 e. The van der Waals surface area contributed by atoms with Crippen LogP contribution in [0.1, 0.15) is 48.6 Å². The van der Waals surface area contributed by atoms with Gasteiger partial charge in [0.05, 0.1) is 47.6 Å². The van der Waals surface area contributed by atoms with Crippen LogP contribution in [0.25, 0.3) is 28.1 Å². The highest BCUT2D eigenvalue weighted by Crippen LogP contribution is 2.38. The van der Waals surface area contributed by atoms with Gasteiger partial charge in [-0.3, -0.25) is 13.7 Å². The van der Waals surface area contributed by atoms with Gasteiger partial charge in [0, 0.05) is 0 Å². The molecule has 9 nitrogen and oxygen atoms in total. The zero-order valence-electron chi connectivity index (χ0n) is 19.5. The van der Waals surface area contributed by atoms with E-state index in [0.29, 0.717) is 46.6 Å². The molecule has 1 unspecified atom stereocenters. The fourth-order valence-electron chi connectivity index (χ4n) is 5.01. The quantitative estimate of drug-likeness (QED) is 0.401. The molecule has 0 amide bonds. The number of hydrogen-bond acceptors (Lipinski definition) is 6. The van der Waals surface area contributed by atoms with Gasteiger partial charge in [-0.05, 0) is 49.1 Å². The second kappa shape index (κ2) is 8.49. The summed E-state index contributed by atoms with van der Waals surface area (Å²) in [6.07, 6.45) is 3.81. The van der Waals surface area contributed by atoms with Crippen molar-refractivity contribution in [2.24, 2.45) is 0 Å². The van der Waals surface area contributed by atoms with Crippen molar-refractivity contribution in [2.75, 3.05) is 0 Å². The number of rotatable bonds is 3. The normalized spacial score (nSPS) is 16.9. The molecule has 1 N–H and O–H groups in total. The van der Waals surface area contributed by atoms with Crippen LogP contribution in [-0.2, 0) is 6.54 Å². The van der Waals surface area contributed by atoms with E-state index >= 15 is 0 Å². The van der Waals surface area contributed by atoms with Crippen molar-refractivity contribution in [1.82, 2.24) is 28.7 Å². The smallest absolute Gasteiger partial charge is 0.331 e. The Labute approximate surface area is 205 Å². The molecule has 2 atom stereocenters. The molecule has 5 aromatic rings. The molecule has 0 radical (unpaired) electrons. The summed E-state index contributed by atoms with van der Waals surface area (Å²) in [5.41, 5.74) is 4.49. The largest absolute Gasteiger partial charge is 0.388 e. The van der Waals surface area contributed by atoms with Gasteiger partial charge in [0.15, 0.2) is 5.65 Å². The van der Waals surface area contributed by atoms with Gasteiger partial charge in [0.1, 0.15) is 11.8 Å². The van der Waals surface area contributed by atoms with E-state index in [1.54, 1.807) is 51.3 Å². The maximum absolute atomic E-state index is 13.8. The number of aliphatic hydroxyl groups is 1. The van der Waals surface area contributed by atoms with Gasteiger partial charge in [0.25, 0.3) is 0 Å². The molecule has 0 fully saturated rings. The number of aliphatic hydroxyl groups excluding tert-OH is 1. The molecule has 36 heavy (non-hydrogen) atoms. The van der Waals surface area contributed by atoms with Crippen molar-refractivity contribution in [3.63, 3.8) is 0 Å². The van der Waals surface area contributed by atoms with E-state index in [4.69, 9.17) is 4.98 Å². The Bertz CT molecular complexity index is 1810. The summed E-state index contributed by atoms with van der Waals surface area (Å²) in [7, 11) is 0. The molecule has 0 saturated carbocycles. The van der Waals surface area contributed by atoms with Crippen molar-refractivity contribution in [1.29, 1.82) is 5.26 Å². The molecule has 0 saturated heterocycles. The number of imidazole rings is 2. The predicted molar refractivity (Wildman–Crippen MR) is 133 cm³/mol. The first kappa shape index (κ1) is 21.8. The fraction of sp³-hybridized carbons (Fsp3) is 0.222. The monoisotopic (exact) mass is 475 g/mol. The number of benzene rings is 2. The Morgan fingerprint density at radius 1 is 1.11 bits per heavy atom. The van der Waals surface area contributed by atoms with Crippen molar-refractivity contribution in [2.45, 2.75) is 38.5 Å². The van der Waals surface area contributed by atoms with Crippen LogP contribution in [0, 0.1) is 23.2 Å². The topological polar surface area (TPSA) is 115 Å². The van der Waals surface area contributed by atoms with Crippen LogP contribution >= 0.6 is 0 Å². The van der Waals surface area contributed by atoms with E-state index in [1.165, 1.54) is 0 Å². The fourth-order valence-corrected chi connectivity index (χ4v) is 5.01. The van der Waals surface area contributed by atoms with Gasteiger partial charge in [0.2, 0.25) is 5.95 Å². The maximum Gasteiger partial charge on any atom is 0.331 e. The van der Waals surface area contributed by atoms with E-state index in [1.807, 2.05) is 24.3 Å². The Morgan fingerprint density at radius 3 is 2.75 bits per heavy atom. The number of nitriles is 1. The first-order valence-electron chi connectivity index (χ1n) is 11.6. The molecular weight excluding hydrogens is 454 g/mol. The van der Waals surface area contributed by atoms with E-state index in [-0.39, 0.29) is 18.3 Å². The number of aromatic nitrogens is 6. The van der Waals surface area contributed by atoms with E-state index < -0.39 is 6.10 Å². The average molecular weight is 476 g/mol. The zero-order chi connectivity index (χ0) is 24.8. The Hall–Kier alpha value is -4.73. The molecule has 2 aromatic carbocycles. The molecule has 1 aliphatic carbocycles. The van der Waals surface area contributed by atoms with E-state index in [2.05, 4.69) is 27.9 Å². The molecule has 1 aliphatic rings. The minimum atomic E-state index is -0.565. The third-order valence-electron chi connectivity index (χ3n) is 6.74. The summed E-state index contributed by atoms with van der Waals surface area (Å²) < 4.78 is 5.00. The number of hydrogen-bond donors (Lipinski definition) is 1. The van der Waals surface area contributed by atoms with Crippen molar-refractivity contribution >= 4 is 22.2 Å². The molecular formula is C27H21N7O2. The summed E-state index contributed by atoms with van der Waals surface area (Å²) >= 11 is 0. The Kier molecular flexibility index (Phi) is 5.14. The first-order valence-corrected chi connectivity index (χ1v) is 11.6. The van der Waals surface area contributed by atoms with Gasteiger partial charge in [-0.1, -0.05) is 30.2 Å². The van der Waals surface area contributed by atoms with Gasteiger partial charge >= 0.3 is 5.69 Å². The first-order chi connectivity index (χ1) is 17.6. The van der Waals surface area contributed by atoms with E-state index in [9.17, 15) is 15.2 Å². The van der Waals surface area contributed by atoms with Crippen LogP contribution in [0.4, 0.5) is 0 Å². The molecule has 3 aromatic heterocycles. The second-order valence-corrected chi connectivity index (χ2v) is 8.71. The lowest BCUT2D eigenvalue weighted by molar-refractivity contribution is 0.147. The lowest BCUT2D eigenvalue weighted by atomic mass is 9.85. The third-order valence-corrected chi connectivity index (χ3v) is 6.74. The van der Waals surface area contributed by atoms with Gasteiger partial charge in [-0.2, -0.15) is 10.2 Å². The second-order valence-electron chi connectivity index (χ2n) is 8.71. The van der Waals surface area contributed by atoms with Crippen LogP contribution in [-0.4, -0.2) is 33.8 Å². The van der Waals surface area contributed by atoms with Crippen molar-refractivity contribution in [3.8, 4) is 23.9 Å². The summed E-state index contributed by atoms with van der Waals surface area (Å²) in [6, 6.07) is 14.8. The molecule has 0 spiro atoms. The molecule has 0 bridgehead atoms. The molecule has 6 rings (SSSR count). The summed E-state index contributed by atoms with van der Waals surface area (Å²) in [4.78, 5) is 27.6.